The predicted octanol–water partition coefficient (Wildman–Crippen LogP) is 3.69. The maximum atomic E-state index is 13.6. The van der Waals surface area contributed by atoms with Crippen LogP contribution in [0.25, 0.3) is 0 Å². The fourth-order valence-corrected chi connectivity index (χ4v) is 2.27. The number of likely N-dealkylation sites (N-methyl/N-ethyl adjacent to an activating group) is 1. The quantitative estimate of drug-likeness (QED) is 0.866. The van der Waals surface area contributed by atoms with Crippen LogP contribution in [-0.4, -0.2) is 13.2 Å². The van der Waals surface area contributed by atoms with E-state index in [1.165, 1.54) is 6.07 Å². The SMILES string of the molecule is CNC(c1ccccc1)C(C)OCc1ccccc1F. The van der Waals surface area contributed by atoms with E-state index in [1.54, 1.807) is 12.1 Å². The number of hydrogen-bond acceptors (Lipinski definition) is 2. The zero-order valence-electron chi connectivity index (χ0n) is 11.8. The van der Waals surface area contributed by atoms with Crippen molar-refractivity contribution in [2.45, 2.75) is 25.7 Å². The van der Waals surface area contributed by atoms with Crippen molar-refractivity contribution in [3.8, 4) is 0 Å². The molecule has 0 saturated carbocycles. The predicted molar refractivity (Wildman–Crippen MR) is 78.9 cm³/mol. The lowest BCUT2D eigenvalue weighted by Crippen LogP contribution is -2.29. The van der Waals surface area contributed by atoms with Gasteiger partial charge < -0.3 is 10.1 Å². The summed E-state index contributed by atoms with van der Waals surface area (Å²) in [4.78, 5) is 0. The second-order valence-corrected chi connectivity index (χ2v) is 4.78. The van der Waals surface area contributed by atoms with Crippen LogP contribution in [0.3, 0.4) is 0 Å². The number of halogens is 1. The minimum atomic E-state index is -0.222. The summed E-state index contributed by atoms with van der Waals surface area (Å²) in [6.07, 6.45) is -0.0537. The third-order valence-corrected chi connectivity index (χ3v) is 3.40. The van der Waals surface area contributed by atoms with Gasteiger partial charge in [0.05, 0.1) is 18.8 Å². The fraction of sp³-hybridized carbons (Fsp3) is 0.294. The Morgan fingerprint density at radius 2 is 1.70 bits per heavy atom. The summed E-state index contributed by atoms with van der Waals surface area (Å²) in [6, 6.07) is 16.9. The van der Waals surface area contributed by atoms with Gasteiger partial charge in [0, 0.05) is 5.56 Å². The van der Waals surface area contributed by atoms with Gasteiger partial charge in [0.1, 0.15) is 5.82 Å². The van der Waals surface area contributed by atoms with Crippen LogP contribution in [0, 0.1) is 5.82 Å². The molecule has 0 heterocycles. The highest BCUT2D eigenvalue weighted by Crippen LogP contribution is 2.20. The average Bonchev–Trinajstić information content (AvgIpc) is 2.48. The lowest BCUT2D eigenvalue weighted by atomic mass is 10.0. The summed E-state index contributed by atoms with van der Waals surface area (Å²) in [5.74, 6) is -0.222. The second kappa shape index (κ2) is 7.17. The van der Waals surface area contributed by atoms with E-state index in [0.29, 0.717) is 5.56 Å². The summed E-state index contributed by atoms with van der Waals surface area (Å²) < 4.78 is 19.4. The molecule has 0 fully saturated rings. The van der Waals surface area contributed by atoms with Crippen molar-refractivity contribution in [3.05, 3.63) is 71.5 Å². The average molecular weight is 273 g/mol. The van der Waals surface area contributed by atoms with Crippen LogP contribution in [-0.2, 0) is 11.3 Å². The molecule has 2 rings (SSSR count). The van der Waals surface area contributed by atoms with Gasteiger partial charge in [0.25, 0.3) is 0 Å². The Hall–Kier alpha value is -1.71. The molecule has 20 heavy (non-hydrogen) atoms. The van der Waals surface area contributed by atoms with Crippen LogP contribution >= 0.6 is 0 Å². The first-order chi connectivity index (χ1) is 9.72. The van der Waals surface area contributed by atoms with E-state index in [9.17, 15) is 4.39 Å². The monoisotopic (exact) mass is 273 g/mol. The van der Waals surface area contributed by atoms with Crippen molar-refractivity contribution in [2.24, 2.45) is 0 Å². The second-order valence-electron chi connectivity index (χ2n) is 4.78. The van der Waals surface area contributed by atoms with Crippen molar-refractivity contribution in [3.63, 3.8) is 0 Å². The molecule has 0 aliphatic heterocycles. The molecule has 0 spiro atoms. The van der Waals surface area contributed by atoms with Gasteiger partial charge in [0.15, 0.2) is 0 Å². The largest absolute Gasteiger partial charge is 0.372 e. The Balaban J connectivity index is 2.00. The van der Waals surface area contributed by atoms with Crippen LogP contribution in [0.5, 0.6) is 0 Å². The lowest BCUT2D eigenvalue weighted by Gasteiger charge is -2.24. The van der Waals surface area contributed by atoms with Gasteiger partial charge >= 0.3 is 0 Å². The highest BCUT2D eigenvalue weighted by atomic mass is 19.1. The first-order valence-corrected chi connectivity index (χ1v) is 6.79. The van der Waals surface area contributed by atoms with Crippen LogP contribution in [0.1, 0.15) is 24.1 Å². The molecule has 0 amide bonds. The van der Waals surface area contributed by atoms with Crippen LogP contribution < -0.4 is 5.32 Å². The third-order valence-electron chi connectivity index (χ3n) is 3.40. The molecule has 106 valence electrons. The Morgan fingerprint density at radius 3 is 2.35 bits per heavy atom. The van der Waals surface area contributed by atoms with Crippen molar-refractivity contribution in [2.75, 3.05) is 7.05 Å². The first kappa shape index (κ1) is 14.7. The summed E-state index contributed by atoms with van der Waals surface area (Å²) in [5.41, 5.74) is 1.75. The maximum Gasteiger partial charge on any atom is 0.128 e. The Labute approximate surface area is 119 Å². The van der Waals surface area contributed by atoms with E-state index in [4.69, 9.17) is 4.74 Å². The minimum absolute atomic E-state index is 0.0537. The molecule has 2 aromatic rings. The molecule has 0 bridgehead atoms. The molecule has 1 N–H and O–H groups in total. The van der Waals surface area contributed by atoms with Crippen molar-refractivity contribution >= 4 is 0 Å². The zero-order chi connectivity index (χ0) is 14.4. The number of benzene rings is 2. The van der Waals surface area contributed by atoms with Gasteiger partial charge in [-0.05, 0) is 25.6 Å². The van der Waals surface area contributed by atoms with Crippen molar-refractivity contribution in [1.82, 2.24) is 5.32 Å². The van der Waals surface area contributed by atoms with Crippen LogP contribution in [0.15, 0.2) is 54.6 Å². The molecule has 2 atom stereocenters. The Bertz CT molecular complexity index is 530. The van der Waals surface area contributed by atoms with E-state index < -0.39 is 0 Å². The summed E-state index contributed by atoms with van der Waals surface area (Å²) in [6.45, 7) is 2.27. The molecular weight excluding hydrogens is 253 g/mol. The Morgan fingerprint density at radius 1 is 1.05 bits per heavy atom. The number of rotatable bonds is 6. The van der Waals surface area contributed by atoms with E-state index >= 15 is 0 Å². The number of hydrogen-bond donors (Lipinski definition) is 1. The molecule has 2 nitrogen and oxygen atoms in total. The molecule has 0 aliphatic carbocycles. The summed E-state index contributed by atoms with van der Waals surface area (Å²) >= 11 is 0. The van der Waals surface area contributed by atoms with Gasteiger partial charge in [-0.3, -0.25) is 0 Å². The molecule has 2 aromatic carbocycles. The molecule has 0 saturated heterocycles. The smallest absolute Gasteiger partial charge is 0.128 e. The Kier molecular flexibility index (Phi) is 5.27. The normalized spacial score (nSPS) is 13.9. The van der Waals surface area contributed by atoms with Gasteiger partial charge in [-0.15, -0.1) is 0 Å². The molecule has 0 aliphatic rings. The standard InChI is InChI=1S/C17H20FNO/c1-13(17(19-2)14-8-4-3-5-9-14)20-12-15-10-6-7-11-16(15)18/h3-11,13,17,19H,12H2,1-2H3. The van der Waals surface area contributed by atoms with E-state index in [-0.39, 0.29) is 24.6 Å². The maximum absolute atomic E-state index is 13.6. The van der Waals surface area contributed by atoms with Crippen molar-refractivity contribution in [1.29, 1.82) is 0 Å². The van der Waals surface area contributed by atoms with E-state index in [2.05, 4.69) is 17.4 Å². The fourth-order valence-electron chi connectivity index (χ4n) is 2.27. The molecule has 3 heteroatoms. The topological polar surface area (TPSA) is 21.3 Å². The van der Waals surface area contributed by atoms with E-state index in [1.807, 2.05) is 38.2 Å². The van der Waals surface area contributed by atoms with Crippen LogP contribution in [0.2, 0.25) is 0 Å². The van der Waals surface area contributed by atoms with Crippen molar-refractivity contribution < 1.29 is 9.13 Å². The minimum Gasteiger partial charge on any atom is -0.372 e. The molecule has 0 radical (unpaired) electrons. The molecule has 0 aromatic heterocycles. The highest BCUT2D eigenvalue weighted by Gasteiger charge is 2.18. The molecule has 2 unspecified atom stereocenters. The van der Waals surface area contributed by atoms with Gasteiger partial charge in [-0.2, -0.15) is 0 Å². The van der Waals surface area contributed by atoms with E-state index in [0.717, 1.165) is 5.56 Å². The van der Waals surface area contributed by atoms with Gasteiger partial charge in [-0.1, -0.05) is 48.5 Å². The van der Waals surface area contributed by atoms with Crippen LogP contribution in [0.4, 0.5) is 4.39 Å². The first-order valence-electron chi connectivity index (χ1n) is 6.79. The zero-order valence-corrected chi connectivity index (χ0v) is 11.8. The number of nitrogens with one attached hydrogen (secondary N) is 1. The van der Waals surface area contributed by atoms with Gasteiger partial charge in [-0.25, -0.2) is 4.39 Å². The highest BCUT2D eigenvalue weighted by molar-refractivity contribution is 5.20. The number of ether oxygens (including phenoxy) is 1. The summed E-state index contributed by atoms with van der Waals surface area (Å²) in [5, 5.41) is 3.25. The molecular formula is C17H20FNO. The van der Waals surface area contributed by atoms with Gasteiger partial charge in [0.2, 0.25) is 0 Å². The lowest BCUT2D eigenvalue weighted by molar-refractivity contribution is 0.0270. The third kappa shape index (κ3) is 3.65. The summed E-state index contributed by atoms with van der Waals surface area (Å²) in [7, 11) is 1.90.